The van der Waals surface area contributed by atoms with E-state index >= 15 is 0 Å². The molecule has 0 spiro atoms. The highest BCUT2D eigenvalue weighted by atomic mass is 32.1. The van der Waals surface area contributed by atoms with Crippen molar-refractivity contribution in [2.45, 2.75) is 52.0 Å². The highest BCUT2D eigenvalue weighted by molar-refractivity contribution is 7.13. The van der Waals surface area contributed by atoms with Gasteiger partial charge in [-0.15, -0.1) is 11.3 Å². The van der Waals surface area contributed by atoms with Gasteiger partial charge in [0.2, 0.25) is 17.7 Å². The van der Waals surface area contributed by atoms with E-state index in [1.165, 1.54) is 11.3 Å². The van der Waals surface area contributed by atoms with E-state index in [9.17, 15) is 14.4 Å². The van der Waals surface area contributed by atoms with Crippen LogP contribution in [-0.4, -0.2) is 53.3 Å². The van der Waals surface area contributed by atoms with Crippen LogP contribution in [0.1, 0.15) is 45.2 Å². The van der Waals surface area contributed by atoms with Crippen molar-refractivity contribution in [3.63, 3.8) is 0 Å². The Balaban J connectivity index is 1.91. The minimum absolute atomic E-state index is 0.000176. The zero-order valence-corrected chi connectivity index (χ0v) is 16.8. The summed E-state index contributed by atoms with van der Waals surface area (Å²) in [6.07, 6.45) is 3.38. The normalized spacial score (nSPS) is 17.0. The van der Waals surface area contributed by atoms with Gasteiger partial charge in [0.05, 0.1) is 12.1 Å². The summed E-state index contributed by atoms with van der Waals surface area (Å²) in [6, 6.07) is 0.00623. The predicted molar refractivity (Wildman–Crippen MR) is 105 cm³/mol. The standard InChI is InChI=1S/C18H29N5O3S/c1-12(2)17(26)22-18-21-13(11-27-18)9-16(25)23-8-4-3-5-14(23)10-20-15(24)6-7-19/h11-12,14H,3-10,19H2,1-2H3,(H,20,24)(H,21,22,26). The molecular weight excluding hydrogens is 366 g/mol. The average molecular weight is 396 g/mol. The van der Waals surface area contributed by atoms with Crippen LogP contribution >= 0.6 is 11.3 Å². The molecule has 0 radical (unpaired) electrons. The molecule has 150 valence electrons. The molecule has 4 N–H and O–H groups in total. The van der Waals surface area contributed by atoms with Crippen molar-refractivity contribution in [3.8, 4) is 0 Å². The summed E-state index contributed by atoms with van der Waals surface area (Å²) in [5.41, 5.74) is 6.04. The lowest BCUT2D eigenvalue weighted by atomic mass is 10.0. The van der Waals surface area contributed by atoms with Crippen LogP contribution in [0, 0.1) is 5.92 Å². The molecule has 1 aromatic heterocycles. The zero-order chi connectivity index (χ0) is 19.8. The van der Waals surface area contributed by atoms with Crippen molar-refractivity contribution in [3.05, 3.63) is 11.1 Å². The molecule has 1 aliphatic heterocycles. The Kier molecular flexibility index (Phi) is 8.18. The molecule has 0 bridgehead atoms. The molecular formula is C18H29N5O3S. The maximum Gasteiger partial charge on any atom is 0.228 e. The minimum atomic E-state index is -0.123. The Morgan fingerprint density at radius 3 is 2.85 bits per heavy atom. The fraction of sp³-hybridized carbons (Fsp3) is 0.667. The van der Waals surface area contributed by atoms with E-state index in [1.807, 2.05) is 18.7 Å². The van der Waals surface area contributed by atoms with E-state index in [1.54, 1.807) is 5.38 Å². The number of rotatable bonds is 8. The second-order valence-corrected chi connectivity index (χ2v) is 7.90. The van der Waals surface area contributed by atoms with Gasteiger partial charge < -0.3 is 21.3 Å². The number of aromatic nitrogens is 1. The quantitative estimate of drug-likeness (QED) is 0.610. The van der Waals surface area contributed by atoms with Gasteiger partial charge in [-0.25, -0.2) is 4.98 Å². The smallest absolute Gasteiger partial charge is 0.228 e. The molecule has 2 rings (SSSR count). The number of hydrogen-bond donors (Lipinski definition) is 3. The highest BCUT2D eigenvalue weighted by Crippen LogP contribution is 2.20. The molecule has 0 saturated carbocycles. The third kappa shape index (κ3) is 6.59. The van der Waals surface area contributed by atoms with Crippen LogP contribution in [0.4, 0.5) is 5.13 Å². The van der Waals surface area contributed by atoms with E-state index in [-0.39, 0.29) is 36.1 Å². The maximum absolute atomic E-state index is 12.8. The van der Waals surface area contributed by atoms with E-state index in [2.05, 4.69) is 15.6 Å². The first-order chi connectivity index (χ1) is 12.9. The Hall–Kier alpha value is -2.00. The van der Waals surface area contributed by atoms with Crippen molar-refractivity contribution in [2.75, 3.05) is 25.0 Å². The molecule has 2 heterocycles. The van der Waals surface area contributed by atoms with Gasteiger partial charge in [-0.2, -0.15) is 0 Å². The molecule has 1 saturated heterocycles. The summed E-state index contributed by atoms with van der Waals surface area (Å²) >= 11 is 1.32. The highest BCUT2D eigenvalue weighted by Gasteiger charge is 2.27. The first-order valence-electron chi connectivity index (χ1n) is 9.42. The van der Waals surface area contributed by atoms with Crippen LogP contribution in [0.2, 0.25) is 0 Å². The summed E-state index contributed by atoms with van der Waals surface area (Å²) in [5.74, 6) is -0.297. The van der Waals surface area contributed by atoms with Gasteiger partial charge in [0.15, 0.2) is 5.13 Å². The lowest BCUT2D eigenvalue weighted by molar-refractivity contribution is -0.134. The van der Waals surface area contributed by atoms with Crippen molar-refractivity contribution >= 4 is 34.2 Å². The molecule has 1 atom stereocenters. The number of amides is 3. The second-order valence-electron chi connectivity index (χ2n) is 7.04. The van der Waals surface area contributed by atoms with Gasteiger partial charge in [-0.3, -0.25) is 14.4 Å². The molecule has 3 amide bonds. The van der Waals surface area contributed by atoms with Crippen LogP contribution in [0.5, 0.6) is 0 Å². The second kappa shape index (κ2) is 10.4. The van der Waals surface area contributed by atoms with Crippen molar-refractivity contribution < 1.29 is 14.4 Å². The number of thiazole rings is 1. The van der Waals surface area contributed by atoms with Crippen LogP contribution in [-0.2, 0) is 20.8 Å². The monoisotopic (exact) mass is 395 g/mol. The lowest BCUT2D eigenvalue weighted by Gasteiger charge is -2.36. The van der Waals surface area contributed by atoms with E-state index in [0.29, 0.717) is 36.9 Å². The number of likely N-dealkylation sites (tertiary alicyclic amines) is 1. The van der Waals surface area contributed by atoms with Gasteiger partial charge in [0.1, 0.15) is 0 Å². The van der Waals surface area contributed by atoms with Crippen molar-refractivity contribution in [1.82, 2.24) is 15.2 Å². The number of carbonyl (C=O) groups excluding carboxylic acids is 3. The van der Waals surface area contributed by atoms with Gasteiger partial charge in [-0.1, -0.05) is 13.8 Å². The van der Waals surface area contributed by atoms with Crippen LogP contribution < -0.4 is 16.4 Å². The van der Waals surface area contributed by atoms with Crippen LogP contribution in [0.25, 0.3) is 0 Å². The fourth-order valence-electron chi connectivity index (χ4n) is 2.94. The van der Waals surface area contributed by atoms with Crippen molar-refractivity contribution in [2.24, 2.45) is 11.7 Å². The first-order valence-corrected chi connectivity index (χ1v) is 10.3. The summed E-state index contributed by atoms with van der Waals surface area (Å²) in [7, 11) is 0. The van der Waals surface area contributed by atoms with E-state index < -0.39 is 0 Å². The summed E-state index contributed by atoms with van der Waals surface area (Å²) in [6.45, 7) is 5.10. The summed E-state index contributed by atoms with van der Waals surface area (Å²) in [4.78, 5) is 42.4. The molecule has 9 heteroatoms. The predicted octanol–water partition coefficient (Wildman–Crippen LogP) is 1.13. The number of anilines is 1. The van der Waals surface area contributed by atoms with Crippen molar-refractivity contribution in [1.29, 1.82) is 0 Å². The fourth-order valence-corrected chi connectivity index (χ4v) is 3.66. The SMILES string of the molecule is CC(C)C(=O)Nc1nc(CC(=O)N2CCCCC2CNC(=O)CCN)cs1. The molecule has 8 nitrogen and oxygen atoms in total. The largest absolute Gasteiger partial charge is 0.354 e. The Morgan fingerprint density at radius 1 is 1.37 bits per heavy atom. The van der Waals surface area contributed by atoms with Gasteiger partial charge >= 0.3 is 0 Å². The first kappa shape index (κ1) is 21.3. The number of piperidine rings is 1. The van der Waals surface area contributed by atoms with E-state index in [4.69, 9.17) is 5.73 Å². The number of carbonyl (C=O) groups is 3. The van der Waals surface area contributed by atoms with Gasteiger partial charge in [0, 0.05) is 43.4 Å². The zero-order valence-electron chi connectivity index (χ0n) is 16.0. The third-order valence-corrected chi connectivity index (χ3v) is 5.30. The number of nitrogens with zero attached hydrogens (tertiary/aromatic N) is 2. The topological polar surface area (TPSA) is 117 Å². The maximum atomic E-state index is 12.8. The molecule has 0 aromatic carbocycles. The van der Waals surface area contributed by atoms with Gasteiger partial charge in [-0.05, 0) is 19.3 Å². The molecule has 27 heavy (non-hydrogen) atoms. The Bertz CT molecular complexity index is 661. The van der Waals surface area contributed by atoms with E-state index in [0.717, 1.165) is 19.3 Å². The average Bonchev–Trinajstić information content (AvgIpc) is 3.07. The number of nitrogens with one attached hydrogen (secondary N) is 2. The lowest BCUT2D eigenvalue weighted by Crippen LogP contribution is -2.50. The number of nitrogens with two attached hydrogens (primary N) is 1. The molecule has 1 fully saturated rings. The summed E-state index contributed by atoms with van der Waals surface area (Å²) < 4.78 is 0. The molecule has 1 unspecified atom stereocenters. The summed E-state index contributed by atoms with van der Waals surface area (Å²) in [5, 5.41) is 7.93. The minimum Gasteiger partial charge on any atom is -0.354 e. The molecule has 1 aromatic rings. The third-order valence-electron chi connectivity index (χ3n) is 4.49. The van der Waals surface area contributed by atoms with Crippen LogP contribution in [0.15, 0.2) is 5.38 Å². The van der Waals surface area contributed by atoms with Crippen LogP contribution in [0.3, 0.4) is 0 Å². The Labute approximate surface area is 163 Å². The number of hydrogen-bond acceptors (Lipinski definition) is 6. The molecule has 0 aliphatic carbocycles. The van der Waals surface area contributed by atoms with Gasteiger partial charge in [0.25, 0.3) is 0 Å². The Morgan fingerprint density at radius 2 is 2.15 bits per heavy atom. The molecule has 1 aliphatic rings.